The van der Waals surface area contributed by atoms with Gasteiger partial charge in [0.05, 0.1) is 6.61 Å². The van der Waals surface area contributed by atoms with E-state index in [1.807, 2.05) is 0 Å². The van der Waals surface area contributed by atoms with E-state index in [1.54, 1.807) is 12.1 Å². The van der Waals surface area contributed by atoms with Crippen molar-refractivity contribution in [2.75, 3.05) is 13.7 Å². The summed E-state index contributed by atoms with van der Waals surface area (Å²) in [6, 6.07) is 5.82. The van der Waals surface area contributed by atoms with Crippen molar-refractivity contribution in [3.63, 3.8) is 0 Å². The molecule has 1 amide bonds. The maximum Gasteiger partial charge on any atom is 0.331 e. The Labute approximate surface area is 116 Å². The molecule has 0 fully saturated rings. The Kier molecular flexibility index (Phi) is 5.64. The number of amides is 1. The van der Waals surface area contributed by atoms with E-state index < -0.39 is 17.4 Å². The van der Waals surface area contributed by atoms with Crippen LogP contribution in [0, 0.1) is 5.82 Å². The fourth-order valence-electron chi connectivity index (χ4n) is 1.72. The average Bonchev–Trinajstić information content (AvgIpc) is 2.38. The van der Waals surface area contributed by atoms with Gasteiger partial charge in [-0.05, 0) is 31.0 Å². The summed E-state index contributed by atoms with van der Waals surface area (Å²) >= 11 is 0. The van der Waals surface area contributed by atoms with Crippen LogP contribution in [0.2, 0.25) is 0 Å². The molecule has 2 N–H and O–H groups in total. The molecule has 0 radical (unpaired) electrons. The molecule has 1 rings (SSSR count). The van der Waals surface area contributed by atoms with Crippen LogP contribution in [0.4, 0.5) is 4.39 Å². The topological polar surface area (TPSA) is 75.6 Å². The van der Waals surface area contributed by atoms with Crippen LogP contribution >= 0.6 is 0 Å². The minimum absolute atomic E-state index is 0.120. The van der Waals surface area contributed by atoms with Gasteiger partial charge in [0.1, 0.15) is 5.82 Å². The van der Waals surface area contributed by atoms with Crippen molar-refractivity contribution >= 4 is 11.9 Å². The Hall–Kier alpha value is -1.95. The smallest absolute Gasteiger partial charge is 0.331 e. The summed E-state index contributed by atoms with van der Waals surface area (Å²) in [5.74, 6) is -1.89. The maximum absolute atomic E-state index is 12.7. The normalized spacial score (nSPS) is 13.6. The monoisotopic (exact) mass is 283 g/mol. The maximum atomic E-state index is 12.7. The van der Waals surface area contributed by atoms with Crippen molar-refractivity contribution in [3.05, 3.63) is 35.6 Å². The van der Waals surface area contributed by atoms with Crippen molar-refractivity contribution in [1.82, 2.24) is 5.32 Å². The van der Waals surface area contributed by atoms with E-state index in [0.717, 1.165) is 5.56 Å². The largest absolute Gasteiger partial charge is 0.479 e. The van der Waals surface area contributed by atoms with Gasteiger partial charge in [0, 0.05) is 13.5 Å². The van der Waals surface area contributed by atoms with Crippen molar-refractivity contribution in [3.8, 4) is 0 Å². The summed E-state index contributed by atoms with van der Waals surface area (Å²) in [5, 5.41) is 11.5. The molecule has 1 aromatic carbocycles. The number of nitrogens with one attached hydrogen (secondary N) is 1. The van der Waals surface area contributed by atoms with Crippen LogP contribution in [0.15, 0.2) is 24.3 Å². The Morgan fingerprint density at radius 3 is 2.45 bits per heavy atom. The fourth-order valence-corrected chi connectivity index (χ4v) is 1.72. The van der Waals surface area contributed by atoms with E-state index in [9.17, 15) is 14.0 Å². The van der Waals surface area contributed by atoms with Crippen molar-refractivity contribution < 1.29 is 23.8 Å². The number of carboxylic acids is 1. The number of rotatable bonds is 7. The van der Waals surface area contributed by atoms with E-state index in [-0.39, 0.29) is 18.8 Å². The zero-order valence-corrected chi connectivity index (χ0v) is 11.5. The Morgan fingerprint density at radius 1 is 1.35 bits per heavy atom. The van der Waals surface area contributed by atoms with E-state index in [4.69, 9.17) is 9.84 Å². The standard InChI is InChI=1S/C14H18FNO4/c1-14(9-20-2,13(18)19)16-12(17)8-5-10-3-6-11(15)7-4-10/h3-4,6-7H,5,8-9H2,1-2H3,(H,16,17)(H,18,19). The average molecular weight is 283 g/mol. The highest BCUT2D eigenvalue weighted by atomic mass is 19.1. The van der Waals surface area contributed by atoms with E-state index in [2.05, 4.69) is 5.32 Å². The van der Waals surface area contributed by atoms with Crippen LogP contribution in [0.3, 0.4) is 0 Å². The van der Waals surface area contributed by atoms with Gasteiger partial charge in [-0.15, -0.1) is 0 Å². The Balaban J connectivity index is 2.54. The summed E-state index contributed by atoms with van der Waals surface area (Å²) in [5.41, 5.74) is -0.639. The zero-order valence-electron chi connectivity index (χ0n) is 11.5. The zero-order chi connectivity index (χ0) is 15.2. The van der Waals surface area contributed by atoms with Crippen LogP contribution in [0.1, 0.15) is 18.9 Å². The van der Waals surface area contributed by atoms with Gasteiger partial charge in [0.2, 0.25) is 5.91 Å². The summed E-state index contributed by atoms with van der Waals surface area (Å²) in [6.07, 6.45) is 0.535. The number of carbonyl (C=O) groups is 2. The van der Waals surface area contributed by atoms with Crippen molar-refractivity contribution in [2.45, 2.75) is 25.3 Å². The predicted octanol–water partition coefficient (Wildman–Crippen LogP) is 1.36. The summed E-state index contributed by atoms with van der Waals surface area (Å²) in [4.78, 5) is 22.9. The van der Waals surface area contributed by atoms with E-state index >= 15 is 0 Å². The lowest BCUT2D eigenvalue weighted by molar-refractivity contribution is -0.149. The van der Waals surface area contributed by atoms with Gasteiger partial charge in [0.15, 0.2) is 5.54 Å². The molecule has 110 valence electrons. The number of hydrogen-bond donors (Lipinski definition) is 2. The van der Waals surface area contributed by atoms with E-state index in [0.29, 0.717) is 6.42 Å². The van der Waals surface area contributed by atoms with Gasteiger partial charge in [-0.25, -0.2) is 9.18 Å². The molecule has 20 heavy (non-hydrogen) atoms. The molecule has 0 bridgehead atoms. The molecule has 5 nitrogen and oxygen atoms in total. The van der Waals surface area contributed by atoms with Gasteiger partial charge in [-0.2, -0.15) is 0 Å². The lowest BCUT2D eigenvalue weighted by Gasteiger charge is -2.25. The third-order valence-electron chi connectivity index (χ3n) is 2.87. The first-order chi connectivity index (χ1) is 9.37. The van der Waals surface area contributed by atoms with Gasteiger partial charge in [0.25, 0.3) is 0 Å². The van der Waals surface area contributed by atoms with Crippen molar-refractivity contribution in [2.24, 2.45) is 0 Å². The lowest BCUT2D eigenvalue weighted by atomic mass is 10.0. The highest BCUT2D eigenvalue weighted by Crippen LogP contribution is 2.08. The van der Waals surface area contributed by atoms with Crippen LogP contribution in [-0.4, -0.2) is 36.2 Å². The molecule has 0 spiro atoms. The predicted molar refractivity (Wildman–Crippen MR) is 70.8 cm³/mol. The second kappa shape index (κ2) is 7.00. The number of carbonyl (C=O) groups excluding carboxylic acids is 1. The summed E-state index contributed by atoms with van der Waals surface area (Å²) in [6.45, 7) is 1.26. The Bertz CT molecular complexity index is 475. The quantitative estimate of drug-likeness (QED) is 0.792. The molecule has 0 heterocycles. The van der Waals surface area contributed by atoms with E-state index in [1.165, 1.54) is 26.2 Å². The molecule has 6 heteroatoms. The van der Waals surface area contributed by atoms with Gasteiger partial charge in [-0.1, -0.05) is 12.1 Å². The SMILES string of the molecule is COCC(C)(NC(=O)CCc1ccc(F)cc1)C(=O)O. The number of carboxylic acid groups (broad SMARTS) is 1. The Morgan fingerprint density at radius 2 is 1.95 bits per heavy atom. The lowest BCUT2D eigenvalue weighted by Crippen LogP contribution is -2.55. The van der Waals surface area contributed by atoms with Gasteiger partial charge >= 0.3 is 5.97 Å². The highest BCUT2D eigenvalue weighted by molar-refractivity contribution is 5.86. The molecule has 0 aliphatic heterocycles. The summed E-state index contributed by atoms with van der Waals surface area (Å²) in [7, 11) is 1.37. The third-order valence-corrected chi connectivity index (χ3v) is 2.87. The second-order valence-corrected chi connectivity index (χ2v) is 4.74. The first-order valence-electron chi connectivity index (χ1n) is 6.15. The molecule has 0 saturated carbocycles. The molecule has 1 atom stereocenters. The fraction of sp³-hybridized carbons (Fsp3) is 0.429. The molecular formula is C14H18FNO4. The first-order valence-corrected chi connectivity index (χ1v) is 6.15. The molecule has 1 unspecified atom stereocenters. The van der Waals surface area contributed by atoms with Crippen LogP contribution in [-0.2, 0) is 20.7 Å². The minimum atomic E-state index is -1.45. The highest BCUT2D eigenvalue weighted by Gasteiger charge is 2.34. The van der Waals surface area contributed by atoms with Crippen LogP contribution in [0.5, 0.6) is 0 Å². The number of aryl methyl sites for hydroxylation is 1. The number of ether oxygens (including phenoxy) is 1. The number of hydrogen-bond acceptors (Lipinski definition) is 3. The number of methoxy groups -OCH3 is 1. The van der Waals surface area contributed by atoms with Crippen molar-refractivity contribution in [1.29, 1.82) is 0 Å². The third kappa shape index (κ3) is 4.62. The molecule has 1 aromatic rings. The van der Waals surface area contributed by atoms with Gasteiger partial charge in [-0.3, -0.25) is 4.79 Å². The molecular weight excluding hydrogens is 265 g/mol. The minimum Gasteiger partial charge on any atom is -0.479 e. The van der Waals surface area contributed by atoms with Crippen LogP contribution in [0.25, 0.3) is 0 Å². The second-order valence-electron chi connectivity index (χ2n) is 4.74. The van der Waals surface area contributed by atoms with Gasteiger partial charge < -0.3 is 15.2 Å². The first kappa shape index (κ1) is 16.1. The number of aliphatic carboxylic acids is 1. The molecule has 0 aliphatic carbocycles. The van der Waals surface area contributed by atoms with Crippen LogP contribution < -0.4 is 5.32 Å². The number of benzene rings is 1. The number of halogens is 1. The molecule has 0 aromatic heterocycles. The molecule has 0 aliphatic rings. The molecule has 0 saturated heterocycles. The summed E-state index contributed by atoms with van der Waals surface area (Å²) < 4.78 is 17.5.